The molecule has 0 saturated heterocycles. The molecule has 9 heteroatoms. The van der Waals surface area contributed by atoms with Gasteiger partial charge in [0.1, 0.15) is 24.6 Å². The molecule has 0 saturated carbocycles. The molecule has 8 nitrogen and oxygen atoms in total. The number of aliphatic hydroxyl groups is 1. The number of hydrogen-bond donors (Lipinski definition) is 2. The van der Waals surface area contributed by atoms with Gasteiger partial charge in [-0.05, 0) is 46.9 Å². The Morgan fingerprint density at radius 2 is 1.30 bits per heavy atom. The number of benzene rings is 4. The van der Waals surface area contributed by atoms with Crippen LogP contribution in [-0.2, 0) is 33.5 Å². The van der Waals surface area contributed by atoms with Crippen molar-refractivity contribution in [2.45, 2.75) is 45.7 Å². The van der Waals surface area contributed by atoms with Crippen LogP contribution in [0.25, 0.3) is 0 Å². The summed E-state index contributed by atoms with van der Waals surface area (Å²) in [5, 5.41) is 11.9. The minimum atomic E-state index is -3.76. The maximum atomic E-state index is 15.1. The molecule has 44 heavy (non-hydrogen) atoms. The van der Waals surface area contributed by atoms with E-state index in [1.54, 1.807) is 28.9 Å². The fraction of sp³-hybridized carbons (Fsp3) is 0.286. The summed E-state index contributed by atoms with van der Waals surface area (Å²) in [6.07, 6.45) is -2.91. The molecule has 1 amide bonds. The molecule has 3 unspecified atom stereocenters. The minimum absolute atomic E-state index is 0.0777. The van der Waals surface area contributed by atoms with Crippen molar-refractivity contribution >= 4 is 18.9 Å². The van der Waals surface area contributed by atoms with Crippen LogP contribution < -0.4 is 15.8 Å². The lowest BCUT2D eigenvalue weighted by atomic mass is 10.0. The first-order chi connectivity index (χ1) is 21.2. The predicted octanol–water partition coefficient (Wildman–Crippen LogP) is 6.33. The number of nitrogens with zero attached hydrogens (tertiary/aromatic N) is 1. The summed E-state index contributed by atoms with van der Waals surface area (Å²) in [6.45, 7) is 4.77. The highest BCUT2D eigenvalue weighted by Gasteiger charge is 2.38. The van der Waals surface area contributed by atoms with E-state index in [2.05, 4.69) is 0 Å². The Kier molecular flexibility index (Phi) is 12.2. The van der Waals surface area contributed by atoms with Crippen LogP contribution in [-0.4, -0.2) is 41.2 Å². The number of carbonyl (C=O) groups excluding carboxylic acids is 1. The zero-order valence-electron chi connectivity index (χ0n) is 25.2. The van der Waals surface area contributed by atoms with E-state index < -0.39 is 25.8 Å². The van der Waals surface area contributed by atoms with Crippen molar-refractivity contribution in [1.29, 1.82) is 0 Å². The molecular formula is C35H41N2O6P. The molecule has 0 spiro atoms. The van der Waals surface area contributed by atoms with E-state index in [-0.39, 0.29) is 25.5 Å². The second-order valence-electron chi connectivity index (χ2n) is 11.0. The Bertz CT molecular complexity index is 1470. The number of ether oxygens (including phenoxy) is 2. The molecule has 0 aliphatic heterocycles. The maximum absolute atomic E-state index is 15.1. The monoisotopic (exact) mass is 616 g/mol. The predicted molar refractivity (Wildman–Crippen MR) is 173 cm³/mol. The molecule has 0 fully saturated rings. The van der Waals surface area contributed by atoms with Crippen LogP contribution >= 0.6 is 7.52 Å². The van der Waals surface area contributed by atoms with Crippen LogP contribution in [0.1, 0.15) is 30.5 Å². The number of nitrogens with two attached hydrogens (primary N) is 1. The Labute approximate surface area is 259 Å². The van der Waals surface area contributed by atoms with Crippen molar-refractivity contribution < 1.29 is 28.5 Å². The molecule has 0 bridgehead atoms. The van der Waals surface area contributed by atoms with Crippen molar-refractivity contribution in [2.24, 2.45) is 11.7 Å². The third kappa shape index (κ3) is 9.79. The van der Waals surface area contributed by atoms with Gasteiger partial charge in [-0.3, -0.25) is 4.57 Å². The number of amides is 1. The van der Waals surface area contributed by atoms with E-state index in [1.165, 1.54) is 0 Å². The van der Waals surface area contributed by atoms with Gasteiger partial charge in [-0.15, -0.1) is 0 Å². The largest absolute Gasteiger partial charge is 0.489 e. The summed E-state index contributed by atoms with van der Waals surface area (Å²) in [7, 11) is -3.76. The number of aliphatic hydroxyl groups excluding tert-OH is 1. The van der Waals surface area contributed by atoms with E-state index in [9.17, 15) is 9.90 Å². The Balaban J connectivity index is 1.62. The fourth-order valence-corrected chi connectivity index (χ4v) is 7.24. The Morgan fingerprint density at radius 1 is 0.773 bits per heavy atom. The third-order valence-electron chi connectivity index (χ3n) is 6.98. The smallest absolute Gasteiger partial charge is 0.404 e. The molecule has 4 aromatic carbocycles. The highest BCUT2D eigenvalue weighted by Crippen LogP contribution is 2.51. The molecule has 0 aliphatic rings. The molecule has 4 rings (SSSR count). The van der Waals surface area contributed by atoms with Gasteiger partial charge >= 0.3 is 13.6 Å². The van der Waals surface area contributed by atoms with Gasteiger partial charge in [-0.1, -0.05) is 105 Å². The molecule has 4 aromatic rings. The number of rotatable bonds is 16. The van der Waals surface area contributed by atoms with Crippen molar-refractivity contribution in [3.05, 3.63) is 132 Å². The number of carbonyl (C=O) groups is 1. The van der Waals surface area contributed by atoms with Gasteiger partial charge in [0.25, 0.3) is 0 Å². The summed E-state index contributed by atoms with van der Waals surface area (Å²) >= 11 is 0. The first-order valence-electron chi connectivity index (χ1n) is 14.7. The van der Waals surface area contributed by atoms with Gasteiger partial charge in [0.15, 0.2) is 0 Å². The average Bonchev–Trinajstić information content (AvgIpc) is 3.03. The summed E-state index contributed by atoms with van der Waals surface area (Å²) in [5.74, 6) is 0.703. The second-order valence-corrected chi connectivity index (χ2v) is 13.4. The van der Waals surface area contributed by atoms with Crippen LogP contribution in [0.15, 0.2) is 115 Å². The summed E-state index contributed by atoms with van der Waals surface area (Å²) in [5.41, 5.74) is 8.14. The first kappa shape index (κ1) is 33.0. The van der Waals surface area contributed by atoms with Gasteiger partial charge in [-0.2, -0.15) is 0 Å². The van der Waals surface area contributed by atoms with E-state index in [4.69, 9.17) is 19.7 Å². The van der Waals surface area contributed by atoms with Crippen LogP contribution in [0.2, 0.25) is 0 Å². The zero-order valence-corrected chi connectivity index (χ0v) is 26.1. The van der Waals surface area contributed by atoms with Crippen LogP contribution in [0.4, 0.5) is 4.79 Å². The van der Waals surface area contributed by atoms with Crippen LogP contribution in [0, 0.1) is 5.92 Å². The normalized spacial score (nSPS) is 14.1. The molecule has 3 atom stereocenters. The topological polar surface area (TPSA) is 111 Å². The SMILES string of the molecule is CC(C)CN(CC(O)C(Cc1ccccc1)OC(N)=O)P(=O)(OCc1ccccc1)c1ccc(OCc2ccccc2)cc1. The van der Waals surface area contributed by atoms with Gasteiger partial charge in [-0.25, -0.2) is 9.46 Å². The van der Waals surface area contributed by atoms with Crippen molar-refractivity contribution in [2.75, 3.05) is 13.1 Å². The average molecular weight is 617 g/mol. The second kappa shape index (κ2) is 16.2. The molecule has 3 N–H and O–H groups in total. The lowest BCUT2D eigenvalue weighted by Crippen LogP contribution is -2.44. The van der Waals surface area contributed by atoms with Crippen LogP contribution in [0.3, 0.4) is 0 Å². The third-order valence-corrected chi connectivity index (χ3v) is 9.48. The highest BCUT2D eigenvalue weighted by molar-refractivity contribution is 7.64. The van der Waals surface area contributed by atoms with E-state index >= 15 is 4.57 Å². The van der Waals surface area contributed by atoms with Crippen molar-refractivity contribution in [3.63, 3.8) is 0 Å². The molecule has 232 valence electrons. The lowest BCUT2D eigenvalue weighted by Gasteiger charge is -2.35. The van der Waals surface area contributed by atoms with E-state index in [0.717, 1.165) is 16.7 Å². The number of hydrogen-bond acceptors (Lipinski definition) is 6. The fourth-order valence-electron chi connectivity index (χ4n) is 4.82. The summed E-state index contributed by atoms with van der Waals surface area (Å²) < 4.78 is 34.4. The highest BCUT2D eigenvalue weighted by atomic mass is 31.2. The molecule has 0 heterocycles. The van der Waals surface area contributed by atoms with Gasteiger partial charge in [0.2, 0.25) is 0 Å². The standard InChI is InChI=1S/C35H41N2O6P/c1-27(2)23-37(24-33(38)34(43-35(36)39)22-28-12-6-3-7-13-28)44(40,42-26-30-16-10-5-11-17-30)32-20-18-31(19-21-32)41-25-29-14-8-4-9-15-29/h3-21,27,33-34,38H,22-26H2,1-2H3,(H2,36,39). The van der Waals surface area contributed by atoms with Crippen LogP contribution in [0.5, 0.6) is 5.75 Å². The number of primary amides is 1. The summed E-state index contributed by atoms with van der Waals surface area (Å²) in [6, 6.07) is 35.8. The van der Waals surface area contributed by atoms with Gasteiger partial charge in [0, 0.05) is 19.5 Å². The minimum Gasteiger partial charge on any atom is -0.489 e. The lowest BCUT2D eigenvalue weighted by molar-refractivity contribution is -0.00352. The molecular weight excluding hydrogens is 575 g/mol. The Hall–Kier alpha value is -3.94. The van der Waals surface area contributed by atoms with E-state index in [1.807, 2.05) is 105 Å². The summed E-state index contributed by atoms with van der Waals surface area (Å²) in [4.78, 5) is 11.8. The Morgan fingerprint density at radius 3 is 1.82 bits per heavy atom. The first-order valence-corrected chi connectivity index (χ1v) is 16.3. The van der Waals surface area contributed by atoms with Gasteiger partial charge < -0.3 is 24.8 Å². The molecule has 0 aliphatic carbocycles. The quantitative estimate of drug-likeness (QED) is 0.142. The van der Waals surface area contributed by atoms with Crippen molar-refractivity contribution in [1.82, 2.24) is 4.67 Å². The maximum Gasteiger partial charge on any atom is 0.404 e. The van der Waals surface area contributed by atoms with E-state index in [0.29, 0.717) is 24.2 Å². The van der Waals surface area contributed by atoms with Gasteiger partial charge in [0.05, 0.1) is 11.9 Å². The molecule has 0 aromatic heterocycles. The zero-order chi connectivity index (χ0) is 31.4. The van der Waals surface area contributed by atoms with Crippen molar-refractivity contribution in [3.8, 4) is 5.75 Å². The molecule has 0 radical (unpaired) electrons.